The summed E-state index contributed by atoms with van der Waals surface area (Å²) in [5, 5.41) is 12.3. The lowest BCUT2D eigenvalue weighted by Gasteiger charge is -2.08. The van der Waals surface area contributed by atoms with Crippen molar-refractivity contribution < 1.29 is 0 Å². The van der Waals surface area contributed by atoms with Crippen LogP contribution >= 0.6 is 12.4 Å². The molecule has 0 spiro atoms. The van der Waals surface area contributed by atoms with Crippen LogP contribution < -0.4 is 5.32 Å². The molecule has 2 heterocycles. The summed E-state index contributed by atoms with van der Waals surface area (Å²) in [6.07, 6.45) is 5.20. The Morgan fingerprint density at radius 3 is 2.65 bits per heavy atom. The lowest BCUT2D eigenvalue weighted by atomic mass is 10.2. The molecule has 5 nitrogen and oxygen atoms in total. The normalized spacial score (nSPS) is 12.0. The molecule has 0 aromatic carbocycles. The van der Waals surface area contributed by atoms with E-state index in [4.69, 9.17) is 0 Å². The van der Waals surface area contributed by atoms with Crippen LogP contribution in [0.25, 0.3) is 0 Å². The van der Waals surface area contributed by atoms with Crippen molar-refractivity contribution in [3.63, 3.8) is 0 Å². The standard InChI is InChI=1S/C14H23N5.ClH/c1-5-11(3)19-8-7-14(17-19)15-9-13-10-18(6-2)16-12(13)4;/h7-8,10-11H,5-6,9H2,1-4H3,(H,15,17);1H. The molecule has 6 heteroatoms. The number of nitrogens with one attached hydrogen (secondary N) is 1. The predicted octanol–water partition coefficient (Wildman–Crippen LogP) is 3.41. The second-order valence-corrected chi connectivity index (χ2v) is 4.89. The van der Waals surface area contributed by atoms with Gasteiger partial charge in [0.05, 0.1) is 5.69 Å². The van der Waals surface area contributed by atoms with Gasteiger partial charge in [0.15, 0.2) is 0 Å². The van der Waals surface area contributed by atoms with Crippen LogP contribution in [0.3, 0.4) is 0 Å². The summed E-state index contributed by atoms with van der Waals surface area (Å²) in [5.41, 5.74) is 2.30. The molecule has 2 aromatic heterocycles. The molecule has 1 N–H and O–H groups in total. The number of hydrogen-bond donors (Lipinski definition) is 1. The zero-order chi connectivity index (χ0) is 13.8. The minimum Gasteiger partial charge on any atom is -0.364 e. The van der Waals surface area contributed by atoms with Gasteiger partial charge in [-0.05, 0) is 27.2 Å². The van der Waals surface area contributed by atoms with Crippen LogP contribution in [0.4, 0.5) is 5.82 Å². The molecule has 0 saturated heterocycles. The maximum absolute atomic E-state index is 4.53. The molecule has 2 rings (SSSR count). The van der Waals surface area contributed by atoms with Gasteiger partial charge in [-0.2, -0.15) is 10.2 Å². The number of hydrogen-bond acceptors (Lipinski definition) is 3. The molecule has 0 radical (unpaired) electrons. The van der Waals surface area contributed by atoms with Crippen molar-refractivity contribution >= 4 is 18.2 Å². The highest BCUT2D eigenvalue weighted by atomic mass is 35.5. The quantitative estimate of drug-likeness (QED) is 0.889. The fourth-order valence-corrected chi connectivity index (χ4v) is 1.95. The van der Waals surface area contributed by atoms with Crippen LogP contribution in [0.2, 0.25) is 0 Å². The molecule has 0 bridgehead atoms. The van der Waals surface area contributed by atoms with E-state index in [0.717, 1.165) is 31.0 Å². The Morgan fingerprint density at radius 1 is 1.30 bits per heavy atom. The van der Waals surface area contributed by atoms with Crippen LogP contribution in [-0.4, -0.2) is 19.6 Å². The van der Waals surface area contributed by atoms with E-state index in [0.29, 0.717) is 6.04 Å². The first-order chi connectivity index (χ1) is 9.13. The SMILES string of the molecule is CCC(C)n1ccc(NCc2cn(CC)nc2C)n1.Cl. The zero-order valence-corrected chi connectivity index (χ0v) is 13.4. The van der Waals surface area contributed by atoms with Gasteiger partial charge in [0.2, 0.25) is 0 Å². The Morgan fingerprint density at radius 2 is 2.05 bits per heavy atom. The Bertz CT molecular complexity index is 531. The molecule has 112 valence electrons. The Labute approximate surface area is 126 Å². The van der Waals surface area contributed by atoms with Crippen molar-refractivity contribution in [1.82, 2.24) is 19.6 Å². The third-order valence-electron chi connectivity index (χ3n) is 3.48. The Hall–Kier alpha value is -1.49. The second kappa shape index (κ2) is 7.33. The Kier molecular flexibility index (Phi) is 6.07. The van der Waals surface area contributed by atoms with Crippen molar-refractivity contribution in [2.75, 3.05) is 5.32 Å². The highest BCUT2D eigenvalue weighted by Gasteiger charge is 2.06. The molecule has 0 amide bonds. The molecule has 1 unspecified atom stereocenters. The van der Waals surface area contributed by atoms with Crippen molar-refractivity contribution in [1.29, 1.82) is 0 Å². The van der Waals surface area contributed by atoms with Crippen LogP contribution in [0.5, 0.6) is 0 Å². The summed E-state index contributed by atoms with van der Waals surface area (Å²) in [7, 11) is 0. The Balaban J connectivity index is 0.00000200. The van der Waals surface area contributed by atoms with Crippen molar-refractivity contribution in [3.05, 3.63) is 29.7 Å². The number of rotatable bonds is 6. The van der Waals surface area contributed by atoms with E-state index in [1.54, 1.807) is 0 Å². The van der Waals surface area contributed by atoms with E-state index in [2.05, 4.69) is 42.5 Å². The topological polar surface area (TPSA) is 47.7 Å². The van der Waals surface area contributed by atoms with E-state index in [9.17, 15) is 0 Å². The summed E-state index contributed by atoms with van der Waals surface area (Å²) < 4.78 is 3.97. The second-order valence-electron chi connectivity index (χ2n) is 4.89. The summed E-state index contributed by atoms with van der Waals surface area (Å²) in [6.45, 7) is 10.2. The molecule has 20 heavy (non-hydrogen) atoms. The molecule has 0 saturated carbocycles. The number of aryl methyl sites for hydroxylation is 2. The monoisotopic (exact) mass is 297 g/mol. The average Bonchev–Trinajstić information content (AvgIpc) is 3.02. The molecule has 0 fully saturated rings. The molecule has 2 aromatic rings. The third-order valence-corrected chi connectivity index (χ3v) is 3.48. The largest absolute Gasteiger partial charge is 0.364 e. The van der Waals surface area contributed by atoms with Crippen molar-refractivity contribution in [2.45, 2.75) is 53.2 Å². The fourth-order valence-electron chi connectivity index (χ4n) is 1.95. The van der Waals surface area contributed by atoms with E-state index in [-0.39, 0.29) is 12.4 Å². The molecule has 0 aliphatic heterocycles. The van der Waals surface area contributed by atoms with Crippen molar-refractivity contribution in [2.24, 2.45) is 0 Å². The van der Waals surface area contributed by atoms with Crippen LogP contribution in [0.15, 0.2) is 18.5 Å². The summed E-state index contributed by atoms with van der Waals surface area (Å²) in [4.78, 5) is 0. The minimum atomic E-state index is 0. The van der Waals surface area contributed by atoms with Gasteiger partial charge in [-0.3, -0.25) is 9.36 Å². The summed E-state index contributed by atoms with van der Waals surface area (Å²) in [6, 6.07) is 2.46. The third kappa shape index (κ3) is 3.76. The van der Waals surface area contributed by atoms with Gasteiger partial charge in [-0.15, -0.1) is 12.4 Å². The highest BCUT2D eigenvalue weighted by molar-refractivity contribution is 5.85. The van der Waals surface area contributed by atoms with Crippen LogP contribution in [-0.2, 0) is 13.1 Å². The lowest BCUT2D eigenvalue weighted by molar-refractivity contribution is 0.479. The highest BCUT2D eigenvalue weighted by Crippen LogP contribution is 2.13. The van der Waals surface area contributed by atoms with E-state index >= 15 is 0 Å². The average molecular weight is 298 g/mol. The van der Waals surface area contributed by atoms with Gasteiger partial charge in [0.1, 0.15) is 5.82 Å². The van der Waals surface area contributed by atoms with Crippen LogP contribution in [0.1, 0.15) is 44.5 Å². The van der Waals surface area contributed by atoms with Gasteiger partial charge in [-0.1, -0.05) is 6.92 Å². The predicted molar refractivity (Wildman–Crippen MR) is 84.4 cm³/mol. The minimum absolute atomic E-state index is 0. The molecule has 0 aliphatic rings. The first-order valence-electron chi connectivity index (χ1n) is 6.96. The zero-order valence-electron chi connectivity index (χ0n) is 12.6. The maximum atomic E-state index is 4.53. The summed E-state index contributed by atoms with van der Waals surface area (Å²) >= 11 is 0. The summed E-state index contributed by atoms with van der Waals surface area (Å²) in [5.74, 6) is 0.920. The van der Waals surface area contributed by atoms with E-state index in [1.807, 2.05) is 28.6 Å². The number of halogens is 1. The molecular weight excluding hydrogens is 274 g/mol. The number of aromatic nitrogens is 4. The van der Waals surface area contributed by atoms with Gasteiger partial charge < -0.3 is 5.32 Å². The maximum Gasteiger partial charge on any atom is 0.148 e. The molecule has 0 aliphatic carbocycles. The van der Waals surface area contributed by atoms with Crippen LogP contribution in [0, 0.1) is 6.92 Å². The van der Waals surface area contributed by atoms with Gasteiger partial charge in [0, 0.05) is 43.2 Å². The van der Waals surface area contributed by atoms with E-state index < -0.39 is 0 Å². The molecular formula is C14H24ClN5. The fraction of sp³-hybridized carbons (Fsp3) is 0.571. The van der Waals surface area contributed by atoms with Gasteiger partial charge in [-0.25, -0.2) is 0 Å². The first kappa shape index (κ1) is 16.6. The number of anilines is 1. The van der Waals surface area contributed by atoms with Gasteiger partial charge in [0.25, 0.3) is 0 Å². The lowest BCUT2D eigenvalue weighted by Crippen LogP contribution is -2.06. The van der Waals surface area contributed by atoms with Crippen molar-refractivity contribution in [3.8, 4) is 0 Å². The number of nitrogens with zero attached hydrogens (tertiary/aromatic N) is 4. The molecule has 1 atom stereocenters. The van der Waals surface area contributed by atoms with Gasteiger partial charge >= 0.3 is 0 Å². The smallest absolute Gasteiger partial charge is 0.148 e. The first-order valence-corrected chi connectivity index (χ1v) is 6.96. The van der Waals surface area contributed by atoms with E-state index in [1.165, 1.54) is 5.56 Å².